The fourth-order valence-corrected chi connectivity index (χ4v) is 4.54. The van der Waals surface area contributed by atoms with Crippen molar-refractivity contribution in [3.05, 3.63) is 92.9 Å². The van der Waals surface area contributed by atoms with Gasteiger partial charge in [0, 0.05) is 28.9 Å². The molecule has 8 nitrogen and oxygen atoms in total. The number of benzene rings is 3. The summed E-state index contributed by atoms with van der Waals surface area (Å²) in [4.78, 5) is 25.3. The summed E-state index contributed by atoms with van der Waals surface area (Å²) in [5, 5.41) is 16.1. The van der Waals surface area contributed by atoms with Crippen LogP contribution in [0.4, 0.5) is 21.9 Å². The number of phenols is 1. The average Bonchev–Trinajstić information content (AvgIpc) is 2.84. The summed E-state index contributed by atoms with van der Waals surface area (Å²) >= 11 is 6.69. The van der Waals surface area contributed by atoms with Gasteiger partial charge in [-0.1, -0.05) is 45.8 Å². The van der Waals surface area contributed by atoms with E-state index in [9.17, 15) is 14.7 Å². The molecule has 0 heterocycles. The second-order valence-electron chi connectivity index (χ2n) is 7.78. The van der Waals surface area contributed by atoms with E-state index >= 15 is 0 Å². The van der Waals surface area contributed by atoms with Gasteiger partial charge in [-0.15, -0.1) is 0 Å². The first-order valence-corrected chi connectivity index (χ1v) is 12.3. The molecule has 0 aliphatic heterocycles. The number of anilines is 3. The van der Waals surface area contributed by atoms with Gasteiger partial charge in [-0.2, -0.15) is 0 Å². The molecule has 0 aliphatic carbocycles. The van der Waals surface area contributed by atoms with Crippen molar-refractivity contribution in [2.45, 2.75) is 19.1 Å². The molecular formula is C26H25Br2N3O5. The highest BCUT2D eigenvalue weighted by Crippen LogP contribution is 2.39. The van der Waals surface area contributed by atoms with Crippen LogP contribution in [0.25, 0.3) is 0 Å². The maximum atomic E-state index is 12.8. The van der Waals surface area contributed by atoms with Crippen molar-refractivity contribution < 1.29 is 24.2 Å². The van der Waals surface area contributed by atoms with Crippen LogP contribution in [0.15, 0.2) is 81.8 Å². The van der Waals surface area contributed by atoms with E-state index in [-0.39, 0.29) is 11.3 Å². The van der Waals surface area contributed by atoms with Crippen LogP contribution >= 0.6 is 31.9 Å². The van der Waals surface area contributed by atoms with E-state index in [0.717, 1.165) is 5.56 Å². The van der Waals surface area contributed by atoms with Crippen molar-refractivity contribution in [1.29, 1.82) is 0 Å². The highest BCUT2D eigenvalue weighted by atomic mass is 79.9. The lowest BCUT2D eigenvalue weighted by Crippen LogP contribution is -2.27. The molecule has 0 unspecified atom stereocenters. The Morgan fingerprint density at radius 1 is 1.06 bits per heavy atom. The fraction of sp³-hybridized carbons (Fsp3) is 0.154. The van der Waals surface area contributed by atoms with Gasteiger partial charge in [-0.05, 0) is 65.3 Å². The van der Waals surface area contributed by atoms with Crippen LogP contribution in [0, 0.1) is 6.92 Å². The molecule has 3 rings (SSSR count). The molecule has 5 N–H and O–H groups in total. The maximum absolute atomic E-state index is 12.8. The number of nitrogens with two attached hydrogens (primary N) is 1. The van der Waals surface area contributed by atoms with E-state index in [1.165, 1.54) is 19.3 Å². The van der Waals surface area contributed by atoms with Gasteiger partial charge in [0.05, 0.1) is 15.8 Å². The number of carbonyl (C=O) groups is 2. The molecule has 0 aliphatic rings. The second kappa shape index (κ2) is 12.6. The number of hydrogen-bond donors (Lipinski definition) is 4. The number of halogens is 2. The molecule has 0 radical (unpaired) electrons. The number of nitrogen functional groups attached to an aromatic ring is 1. The van der Waals surface area contributed by atoms with Gasteiger partial charge in [0.25, 0.3) is 0 Å². The normalized spacial score (nSPS) is 12.7. The van der Waals surface area contributed by atoms with Gasteiger partial charge >= 0.3 is 6.09 Å². The summed E-state index contributed by atoms with van der Waals surface area (Å²) in [7, 11) is 1.40. The Balaban J connectivity index is 1.87. The number of carbonyl (C=O) groups excluding carboxylic acids is 2. The van der Waals surface area contributed by atoms with Crippen LogP contribution in [-0.2, 0) is 14.3 Å². The number of phenolic OH excluding ortho intramolecular Hbond substituents is 1. The lowest BCUT2D eigenvalue weighted by Gasteiger charge is -2.25. The third kappa shape index (κ3) is 7.33. The highest BCUT2D eigenvalue weighted by molar-refractivity contribution is 9.11. The van der Waals surface area contributed by atoms with Crippen LogP contribution < -0.4 is 16.4 Å². The molecule has 188 valence electrons. The van der Waals surface area contributed by atoms with E-state index in [1.54, 1.807) is 48.5 Å². The van der Waals surface area contributed by atoms with Crippen molar-refractivity contribution in [1.82, 2.24) is 0 Å². The monoisotopic (exact) mass is 617 g/mol. The zero-order valence-electron chi connectivity index (χ0n) is 19.5. The molecule has 0 saturated heterocycles. The molecule has 36 heavy (non-hydrogen) atoms. The Labute approximate surface area is 225 Å². The van der Waals surface area contributed by atoms with Crippen molar-refractivity contribution in [3.8, 4) is 5.75 Å². The fourth-order valence-electron chi connectivity index (χ4n) is 3.28. The van der Waals surface area contributed by atoms with E-state index < -0.39 is 24.2 Å². The van der Waals surface area contributed by atoms with Crippen LogP contribution in [0.5, 0.6) is 5.75 Å². The first-order valence-electron chi connectivity index (χ1n) is 10.8. The summed E-state index contributed by atoms with van der Waals surface area (Å²) in [5.41, 5.74) is 8.59. The van der Waals surface area contributed by atoms with E-state index in [1.807, 2.05) is 19.1 Å². The minimum atomic E-state index is -1.11. The van der Waals surface area contributed by atoms with E-state index in [0.29, 0.717) is 26.0 Å². The quantitative estimate of drug-likeness (QED) is 0.173. The van der Waals surface area contributed by atoms with Gasteiger partial charge < -0.3 is 25.6 Å². The number of amides is 2. The van der Waals surface area contributed by atoms with Crippen LogP contribution in [0.2, 0.25) is 0 Å². The molecule has 0 bridgehead atoms. The molecule has 2 amide bonds. The molecular weight excluding hydrogens is 594 g/mol. The van der Waals surface area contributed by atoms with Gasteiger partial charge in [0.1, 0.15) is 11.9 Å². The van der Waals surface area contributed by atoms with Crippen LogP contribution in [0.3, 0.4) is 0 Å². The van der Waals surface area contributed by atoms with Crippen LogP contribution in [0.1, 0.15) is 17.2 Å². The average molecular weight is 619 g/mol. The predicted octanol–water partition coefficient (Wildman–Crippen LogP) is 6.31. The number of ether oxygens (including phenoxy) is 2. The number of rotatable bonds is 8. The van der Waals surface area contributed by atoms with E-state index in [4.69, 9.17) is 15.2 Å². The summed E-state index contributed by atoms with van der Waals surface area (Å²) < 4.78 is 12.3. The number of hydrogen-bond acceptors (Lipinski definition) is 6. The van der Waals surface area contributed by atoms with Crippen LogP contribution in [-0.4, -0.2) is 30.3 Å². The Hall–Kier alpha value is -3.34. The Morgan fingerprint density at radius 3 is 2.42 bits per heavy atom. The topological polar surface area (TPSA) is 123 Å². The summed E-state index contributed by atoms with van der Waals surface area (Å²) in [5.74, 6) is -0.597. The maximum Gasteiger partial charge on any atom is 0.412 e. The molecule has 0 aromatic heterocycles. The zero-order chi connectivity index (χ0) is 26.2. The first kappa shape index (κ1) is 27.3. The summed E-state index contributed by atoms with van der Waals surface area (Å²) in [6, 6.07) is 17.3. The molecule has 0 fully saturated rings. The molecule has 3 aromatic rings. The Kier molecular flexibility index (Phi) is 9.51. The zero-order valence-corrected chi connectivity index (χ0v) is 22.7. The summed E-state index contributed by atoms with van der Waals surface area (Å²) in [6.07, 6.45) is -0.123. The second-order valence-corrected chi connectivity index (χ2v) is 9.55. The number of aromatic hydroxyl groups is 1. The van der Waals surface area contributed by atoms with Crippen molar-refractivity contribution >= 4 is 60.9 Å². The minimum absolute atomic E-state index is 0.136. The molecule has 0 saturated carbocycles. The lowest BCUT2D eigenvalue weighted by molar-refractivity contribution is -0.112. The SMILES string of the molecule is CO[C@H](/C=C/C(=O)Nc1ccccc1N)[C@H](OC(=O)Nc1ccc(C)cc1)c1cc(Br)cc(Br)c1O. The number of nitrogens with one attached hydrogen (secondary N) is 2. The van der Waals surface area contributed by atoms with Crippen molar-refractivity contribution in [3.63, 3.8) is 0 Å². The molecule has 0 spiro atoms. The Morgan fingerprint density at radius 2 is 1.75 bits per heavy atom. The van der Waals surface area contributed by atoms with Crippen molar-refractivity contribution in [2.75, 3.05) is 23.5 Å². The lowest BCUT2D eigenvalue weighted by atomic mass is 10.0. The standard InChI is InChI=1S/C26H25Br2N3O5/c1-15-7-9-17(10-8-15)30-26(34)36-25(18-13-16(27)14-19(28)24(18)33)22(35-2)11-12-23(32)31-21-6-4-3-5-20(21)29/h3-14,22,25,33H,29H2,1-2H3,(H,30,34)(H,31,32)/b12-11+/t22-,25-/m1/s1. The highest BCUT2D eigenvalue weighted by Gasteiger charge is 2.29. The van der Waals surface area contributed by atoms with E-state index in [2.05, 4.69) is 42.5 Å². The summed E-state index contributed by atoms with van der Waals surface area (Å²) in [6.45, 7) is 1.93. The smallest absolute Gasteiger partial charge is 0.412 e. The van der Waals surface area contributed by atoms with Gasteiger partial charge in [0.2, 0.25) is 5.91 Å². The predicted molar refractivity (Wildman–Crippen MR) is 147 cm³/mol. The third-order valence-corrected chi connectivity index (χ3v) is 6.18. The third-order valence-electron chi connectivity index (χ3n) is 5.12. The van der Waals surface area contributed by atoms with Gasteiger partial charge in [0.15, 0.2) is 6.10 Å². The first-order chi connectivity index (χ1) is 17.2. The van der Waals surface area contributed by atoms with Gasteiger partial charge in [-0.3, -0.25) is 10.1 Å². The Bertz CT molecular complexity index is 1260. The van der Waals surface area contributed by atoms with Crippen molar-refractivity contribution in [2.24, 2.45) is 0 Å². The number of para-hydroxylation sites is 2. The molecule has 10 heteroatoms. The van der Waals surface area contributed by atoms with Gasteiger partial charge in [-0.25, -0.2) is 4.79 Å². The molecule has 3 aromatic carbocycles. The number of aryl methyl sites for hydroxylation is 1. The minimum Gasteiger partial charge on any atom is -0.506 e. The largest absolute Gasteiger partial charge is 0.506 e. The number of methoxy groups -OCH3 is 1. The molecule has 2 atom stereocenters.